The van der Waals surface area contributed by atoms with Crippen LogP contribution in [0.3, 0.4) is 0 Å². The molecule has 120 valence electrons. The first-order valence-corrected chi connectivity index (χ1v) is 8.29. The first-order valence-electron chi connectivity index (χ1n) is 8.29. The van der Waals surface area contributed by atoms with Crippen molar-refractivity contribution in [1.82, 2.24) is 0 Å². The first kappa shape index (κ1) is 16.9. The van der Waals surface area contributed by atoms with E-state index in [1.165, 1.54) is 11.1 Å². The molecular weight excluding hydrogens is 272 g/mol. The van der Waals surface area contributed by atoms with Gasteiger partial charge in [-0.3, -0.25) is 9.59 Å². The van der Waals surface area contributed by atoms with E-state index in [0.29, 0.717) is 18.3 Å². The highest BCUT2D eigenvalue weighted by molar-refractivity contribution is 6.00. The van der Waals surface area contributed by atoms with E-state index in [1.54, 1.807) is 12.2 Å². The smallest absolute Gasteiger partial charge is 0.178 e. The minimum absolute atomic E-state index is 0.0944. The van der Waals surface area contributed by atoms with Crippen LogP contribution in [-0.2, 0) is 9.59 Å². The van der Waals surface area contributed by atoms with E-state index in [-0.39, 0.29) is 17.0 Å². The van der Waals surface area contributed by atoms with Gasteiger partial charge in [-0.15, -0.1) is 0 Å². The van der Waals surface area contributed by atoms with Gasteiger partial charge < -0.3 is 0 Å². The van der Waals surface area contributed by atoms with Gasteiger partial charge in [0.15, 0.2) is 11.6 Å². The zero-order valence-corrected chi connectivity index (χ0v) is 14.5. The van der Waals surface area contributed by atoms with E-state index in [0.717, 1.165) is 24.8 Å². The predicted molar refractivity (Wildman–Crippen MR) is 90.5 cm³/mol. The molecule has 0 bridgehead atoms. The molecule has 0 aromatic heterocycles. The Morgan fingerprint density at radius 2 is 1.95 bits per heavy atom. The Bertz CT molecular complexity index is 573. The molecule has 1 unspecified atom stereocenters. The lowest BCUT2D eigenvalue weighted by Crippen LogP contribution is -2.39. The van der Waals surface area contributed by atoms with Gasteiger partial charge in [-0.2, -0.15) is 0 Å². The second-order valence-electron chi connectivity index (χ2n) is 7.72. The van der Waals surface area contributed by atoms with Crippen molar-refractivity contribution in [3.05, 3.63) is 34.9 Å². The van der Waals surface area contributed by atoms with Crippen molar-refractivity contribution in [2.24, 2.45) is 17.3 Å². The monoisotopic (exact) mass is 300 g/mol. The minimum atomic E-state index is 0.0944. The molecule has 2 aliphatic rings. The molecule has 0 aromatic carbocycles. The Hall–Kier alpha value is -1.44. The molecule has 2 heteroatoms. The molecule has 3 atom stereocenters. The average Bonchev–Trinajstić information content (AvgIpc) is 2.35. The van der Waals surface area contributed by atoms with Crippen LogP contribution in [0.1, 0.15) is 60.3 Å². The van der Waals surface area contributed by atoms with Crippen molar-refractivity contribution >= 4 is 11.6 Å². The molecular formula is C20H28O2. The molecule has 0 saturated heterocycles. The minimum Gasteiger partial charge on any atom is -0.295 e. The standard InChI is InChI=1S/C20H28O2/c1-13(2)8-17(21)9-14(3)16-6-7-20(5)12-18(22)10-15(4)19(20)11-16/h8-10,16,19H,6-7,11-12H2,1-5H3/b14-9+/t16?,19-,20-/m0/s1. The third-order valence-electron chi connectivity index (χ3n) is 5.39. The van der Waals surface area contributed by atoms with Gasteiger partial charge in [0.25, 0.3) is 0 Å². The maximum Gasteiger partial charge on any atom is 0.178 e. The van der Waals surface area contributed by atoms with E-state index in [1.807, 2.05) is 19.9 Å². The van der Waals surface area contributed by atoms with Gasteiger partial charge in [0, 0.05) is 6.42 Å². The number of ketones is 2. The highest BCUT2D eigenvalue weighted by Crippen LogP contribution is 2.52. The summed E-state index contributed by atoms with van der Waals surface area (Å²) < 4.78 is 0. The maximum absolute atomic E-state index is 12.0. The predicted octanol–water partition coefficient (Wildman–Crippen LogP) is 4.81. The maximum atomic E-state index is 12.0. The van der Waals surface area contributed by atoms with Gasteiger partial charge in [0.1, 0.15) is 0 Å². The van der Waals surface area contributed by atoms with Crippen LogP contribution in [0.25, 0.3) is 0 Å². The summed E-state index contributed by atoms with van der Waals surface area (Å²) in [6.45, 7) is 10.3. The molecule has 0 spiro atoms. The van der Waals surface area contributed by atoms with Crippen LogP contribution in [0.15, 0.2) is 34.9 Å². The van der Waals surface area contributed by atoms with Crippen LogP contribution in [0.2, 0.25) is 0 Å². The zero-order valence-electron chi connectivity index (χ0n) is 14.5. The van der Waals surface area contributed by atoms with Crippen LogP contribution >= 0.6 is 0 Å². The van der Waals surface area contributed by atoms with E-state index in [9.17, 15) is 9.59 Å². The summed E-state index contributed by atoms with van der Waals surface area (Å²) in [6.07, 6.45) is 9.23. The zero-order chi connectivity index (χ0) is 16.5. The first-order chi connectivity index (χ1) is 10.2. The van der Waals surface area contributed by atoms with Crippen LogP contribution in [-0.4, -0.2) is 11.6 Å². The van der Waals surface area contributed by atoms with Crippen molar-refractivity contribution in [3.8, 4) is 0 Å². The molecule has 2 rings (SSSR count). The van der Waals surface area contributed by atoms with Gasteiger partial charge in [0.05, 0.1) is 0 Å². The number of fused-ring (bicyclic) bond motifs is 1. The van der Waals surface area contributed by atoms with Crippen molar-refractivity contribution < 1.29 is 9.59 Å². The van der Waals surface area contributed by atoms with E-state index >= 15 is 0 Å². The Balaban J connectivity index is 2.16. The summed E-state index contributed by atoms with van der Waals surface area (Å²) in [4.78, 5) is 23.8. The van der Waals surface area contributed by atoms with Crippen molar-refractivity contribution in [3.63, 3.8) is 0 Å². The fourth-order valence-electron chi connectivity index (χ4n) is 4.20. The Labute approximate surface area is 134 Å². The largest absolute Gasteiger partial charge is 0.295 e. The van der Waals surface area contributed by atoms with Crippen LogP contribution in [0.5, 0.6) is 0 Å². The molecule has 0 aliphatic heterocycles. The third-order valence-corrected chi connectivity index (χ3v) is 5.39. The highest BCUT2D eigenvalue weighted by atomic mass is 16.1. The summed E-state index contributed by atoms with van der Waals surface area (Å²) >= 11 is 0. The number of hydrogen-bond acceptors (Lipinski definition) is 2. The molecule has 1 fully saturated rings. The average molecular weight is 300 g/mol. The molecule has 0 heterocycles. The number of allylic oxidation sites excluding steroid dienone is 6. The summed E-state index contributed by atoms with van der Waals surface area (Å²) in [5.74, 6) is 1.31. The number of rotatable bonds is 3. The fraction of sp³-hybridized carbons (Fsp3) is 0.600. The quantitative estimate of drug-likeness (QED) is 0.701. The lowest BCUT2D eigenvalue weighted by atomic mass is 9.57. The van der Waals surface area contributed by atoms with Crippen LogP contribution in [0.4, 0.5) is 0 Å². The lowest BCUT2D eigenvalue weighted by molar-refractivity contribution is -0.119. The number of carbonyl (C=O) groups excluding carboxylic acids is 2. The van der Waals surface area contributed by atoms with Crippen molar-refractivity contribution in [2.75, 3.05) is 0 Å². The normalized spacial score (nSPS) is 32.1. The Kier molecular flexibility index (Phi) is 4.89. The summed E-state index contributed by atoms with van der Waals surface area (Å²) in [6, 6.07) is 0. The van der Waals surface area contributed by atoms with Crippen LogP contribution < -0.4 is 0 Å². The third kappa shape index (κ3) is 3.66. The topological polar surface area (TPSA) is 34.1 Å². The molecule has 1 saturated carbocycles. The molecule has 0 N–H and O–H groups in total. The number of carbonyl (C=O) groups is 2. The Morgan fingerprint density at radius 3 is 2.59 bits per heavy atom. The number of hydrogen-bond donors (Lipinski definition) is 0. The highest BCUT2D eigenvalue weighted by Gasteiger charge is 2.44. The lowest BCUT2D eigenvalue weighted by Gasteiger charge is -2.47. The molecule has 0 radical (unpaired) electrons. The summed E-state index contributed by atoms with van der Waals surface area (Å²) in [5.41, 5.74) is 3.58. The second-order valence-corrected chi connectivity index (χ2v) is 7.72. The SMILES string of the molecule is CC(C)=CC(=O)/C=C(\C)C1CC[C@@]2(C)CC(=O)C=C(C)[C@@H]2C1. The van der Waals surface area contributed by atoms with Crippen LogP contribution in [0, 0.1) is 17.3 Å². The van der Waals surface area contributed by atoms with E-state index in [2.05, 4.69) is 20.8 Å². The van der Waals surface area contributed by atoms with Gasteiger partial charge >= 0.3 is 0 Å². The molecule has 22 heavy (non-hydrogen) atoms. The molecule has 0 aromatic rings. The molecule has 2 nitrogen and oxygen atoms in total. The van der Waals surface area contributed by atoms with Crippen molar-refractivity contribution in [1.29, 1.82) is 0 Å². The summed E-state index contributed by atoms with van der Waals surface area (Å²) in [7, 11) is 0. The van der Waals surface area contributed by atoms with Gasteiger partial charge in [0.2, 0.25) is 0 Å². The van der Waals surface area contributed by atoms with E-state index < -0.39 is 0 Å². The van der Waals surface area contributed by atoms with Gasteiger partial charge in [-0.05, 0) is 82.4 Å². The Morgan fingerprint density at radius 1 is 1.27 bits per heavy atom. The van der Waals surface area contributed by atoms with Gasteiger partial charge in [-0.25, -0.2) is 0 Å². The summed E-state index contributed by atoms with van der Waals surface area (Å²) in [5, 5.41) is 0. The van der Waals surface area contributed by atoms with E-state index in [4.69, 9.17) is 0 Å². The molecule has 0 amide bonds. The van der Waals surface area contributed by atoms with Crippen molar-refractivity contribution in [2.45, 2.75) is 60.3 Å². The second kappa shape index (κ2) is 6.36. The molecule has 2 aliphatic carbocycles. The fourth-order valence-corrected chi connectivity index (χ4v) is 4.20. The van der Waals surface area contributed by atoms with Gasteiger partial charge in [-0.1, -0.05) is 23.6 Å².